The second kappa shape index (κ2) is 8.48. The molecule has 3 N–H and O–H groups in total. The minimum atomic E-state index is 0.138. The van der Waals surface area contributed by atoms with Gasteiger partial charge < -0.3 is 11.1 Å². The van der Waals surface area contributed by atoms with Gasteiger partial charge in [-0.05, 0) is 38.8 Å². The van der Waals surface area contributed by atoms with Crippen LogP contribution in [-0.4, -0.2) is 43.5 Å². The van der Waals surface area contributed by atoms with Gasteiger partial charge >= 0.3 is 0 Å². The van der Waals surface area contributed by atoms with Gasteiger partial charge in [0.1, 0.15) is 0 Å². The molecule has 2 unspecified atom stereocenters. The van der Waals surface area contributed by atoms with E-state index >= 15 is 0 Å². The molecule has 0 aromatic rings. The molecule has 4 heteroatoms. The molecule has 0 aromatic carbocycles. The average molecular weight is 255 g/mol. The third kappa shape index (κ3) is 4.94. The number of carbonyl (C=O) groups excluding carboxylic acids is 1. The highest BCUT2D eigenvalue weighted by molar-refractivity contribution is 5.77. The summed E-state index contributed by atoms with van der Waals surface area (Å²) in [6.45, 7) is 4.09. The smallest absolute Gasteiger partial charge is 0.234 e. The maximum atomic E-state index is 11.8. The summed E-state index contributed by atoms with van der Waals surface area (Å²) in [6, 6.07) is 0.477. The van der Waals surface area contributed by atoms with Gasteiger partial charge in [-0.15, -0.1) is 0 Å². The largest absolute Gasteiger partial charge is 0.355 e. The van der Waals surface area contributed by atoms with Crippen LogP contribution in [0, 0.1) is 5.92 Å². The van der Waals surface area contributed by atoms with Crippen molar-refractivity contribution in [3.63, 3.8) is 0 Å². The Morgan fingerprint density at radius 3 is 2.72 bits per heavy atom. The second-order valence-electron chi connectivity index (χ2n) is 5.47. The Hall–Kier alpha value is -0.610. The third-order valence-corrected chi connectivity index (χ3v) is 3.95. The van der Waals surface area contributed by atoms with Crippen LogP contribution < -0.4 is 11.1 Å². The third-order valence-electron chi connectivity index (χ3n) is 3.95. The summed E-state index contributed by atoms with van der Waals surface area (Å²) in [5, 5.41) is 2.94. The number of likely N-dealkylation sites (N-methyl/N-ethyl adjacent to an activating group) is 1. The lowest BCUT2D eigenvalue weighted by Gasteiger charge is -2.32. The second-order valence-corrected chi connectivity index (χ2v) is 5.47. The van der Waals surface area contributed by atoms with Gasteiger partial charge in [-0.25, -0.2) is 0 Å². The molecule has 0 saturated heterocycles. The molecule has 0 spiro atoms. The molecule has 1 aliphatic rings. The fourth-order valence-corrected chi connectivity index (χ4v) is 2.88. The van der Waals surface area contributed by atoms with E-state index in [0.29, 0.717) is 18.5 Å². The highest BCUT2D eigenvalue weighted by atomic mass is 16.2. The number of hydrogen-bond acceptors (Lipinski definition) is 3. The minimum absolute atomic E-state index is 0.138. The van der Waals surface area contributed by atoms with Crippen LogP contribution in [0.1, 0.15) is 45.4 Å². The van der Waals surface area contributed by atoms with Gasteiger partial charge in [-0.3, -0.25) is 9.69 Å². The van der Waals surface area contributed by atoms with Gasteiger partial charge in [0.2, 0.25) is 5.91 Å². The predicted octanol–water partition coefficient (Wildman–Crippen LogP) is 1.35. The molecule has 18 heavy (non-hydrogen) atoms. The topological polar surface area (TPSA) is 58.4 Å². The first-order valence-corrected chi connectivity index (χ1v) is 7.36. The van der Waals surface area contributed by atoms with Crippen molar-refractivity contribution in [1.29, 1.82) is 0 Å². The summed E-state index contributed by atoms with van der Waals surface area (Å²) in [6.07, 6.45) is 7.24. The standard InChI is InChI=1S/C14H29N3O/c1-3-9-16-14(18)11-17(2)13-8-6-4-5-7-12(13)10-15/h12-13H,3-11,15H2,1-2H3,(H,16,18). The molecule has 4 nitrogen and oxygen atoms in total. The van der Waals surface area contributed by atoms with Gasteiger partial charge in [0.05, 0.1) is 6.54 Å². The summed E-state index contributed by atoms with van der Waals surface area (Å²) >= 11 is 0. The Bertz CT molecular complexity index is 245. The van der Waals surface area contributed by atoms with Gasteiger partial charge in [0.15, 0.2) is 0 Å². The number of nitrogens with one attached hydrogen (secondary N) is 1. The lowest BCUT2D eigenvalue weighted by molar-refractivity contribution is -0.122. The Kier molecular flexibility index (Phi) is 7.28. The van der Waals surface area contributed by atoms with Gasteiger partial charge in [-0.2, -0.15) is 0 Å². The summed E-state index contributed by atoms with van der Waals surface area (Å²) in [7, 11) is 2.06. The lowest BCUT2D eigenvalue weighted by atomic mass is 9.94. The Morgan fingerprint density at radius 1 is 1.33 bits per heavy atom. The number of rotatable bonds is 6. The van der Waals surface area contributed by atoms with Crippen molar-refractivity contribution in [3.8, 4) is 0 Å². The normalized spacial score (nSPS) is 24.9. The SMILES string of the molecule is CCCNC(=O)CN(C)C1CCCCCC1CN. The molecule has 1 rings (SSSR count). The van der Waals surface area contributed by atoms with E-state index in [-0.39, 0.29) is 5.91 Å². The van der Waals surface area contributed by atoms with E-state index in [1.165, 1.54) is 32.1 Å². The summed E-state index contributed by atoms with van der Waals surface area (Å²) in [5.41, 5.74) is 5.88. The van der Waals surface area contributed by atoms with Crippen molar-refractivity contribution in [2.45, 2.75) is 51.5 Å². The van der Waals surface area contributed by atoms with Crippen molar-refractivity contribution >= 4 is 5.91 Å². The number of nitrogens with two attached hydrogens (primary N) is 1. The molecule has 1 amide bonds. The van der Waals surface area contributed by atoms with E-state index in [1.807, 2.05) is 0 Å². The fourth-order valence-electron chi connectivity index (χ4n) is 2.88. The summed E-state index contributed by atoms with van der Waals surface area (Å²) in [4.78, 5) is 14.0. The van der Waals surface area contributed by atoms with Crippen LogP contribution in [0.3, 0.4) is 0 Å². The lowest BCUT2D eigenvalue weighted by Crippen LogP contribution is -2.45. The van der Waals surface area contributed by atoms with Crippen LogP contribution in [0.4, 0.5) is 0 Å². The molecule has 2 atom stereocenters. The number of hydrogen-bond donors (Lipinski definition) is 2. The monoisotopic (exact) mass is 255 g/mol. The van der Waals surface area contributed by atoms with E-state index < -0.39 is 0 Å². The summed E-state index contributed by atoms with van der Waals surface area (Å²) in [5.74, 6) is 0.691. The summed E-state index contributed by atoms with van der Waals surface area (Å²) < 4.78 is 0. The maximum absolute atomic E-state index is 11.8. The molecule has 1 aliphatic carbocycles. The number of amides is 1. The van der Waals surface area contributed by atoms with Crippen molar-refractivity contribution in [2.24, 2.45) is 11.7 Å². The average Bonchev–Trinajstić information content (AvgIpc) is 2.61. The van der Waals surface area contributed by atoms with Crippen LogP contribution >= 0.6 is 0 Å². The van der Waals surface area contributed by atoms with Crippen molar-refractivity contribution in [3.05, 3.63) is 0 Å². The van der Waals surface area contributed by atoms with Crippen molar-refractivity contribution < 1.29 is 4.79 Å². The van der Waals surface area contributed by atoms with Crippen LogP contribution in [0.25, 0.3) is 0 Å². The zero-order chi connectivity index (χ0) is 13.4. The van der Waals surface area contributed by atoms with Gasteiger partial charge in [0.25, 0.3) is 0 Å². The van der Waals surface area contributed by atoms with Crippen LogP contribution in [0.15, 0.2) is 0 Å². The van der Waals surface area contributed by atoms with Crippen LogP contribution in [-0.2, 0) is 4.79 Å². The van der Waals surface area contributed by atoms with Crippen LogP contribution in [0.5, 0.6) is 0 Å². The zero-order valence-corrected chi connectivity index (χ0v) is 12.0. The molecule has 0 radical (unpaired) electrons. The molecule has 0 bridgehead atoms. The Labute approximate surface area is 111 Å². The number of nitrogens with zero attached hydrogens (tertiary/aromatic N) is 1. The molecule has 0 aromatic heterocycles. The number of carbonyl (C=O) groups is 1. The highest BCUT2D eigenvalue weighted by Crippen LogP contribution is 2.25. The predicted molar refractivity (Wildman–Crippen MR) is 75.3 cm³/mol. The van der Waals surface area contributed by atoms with E-state index in [0.717, 1.165) is 19.5 Å². The van der Waals surface area contributed by atoms with Gasteiger partial charge in [-0.1, -0.05) is 26.2 Å². The van der Waals surface area contributed by atoms with E-state index in [1.54, 1.807) is 0 Å². The quantitative estimate of drug-likeness (QED) is 0.704. The fraction of sp³-hybridized carbons (Fsp3) is 0.929. The molecule has 106 valence electrons. The van der Waals surface area contributed by atoms with Crippen molar-refractivity contribution in [1.82, 2.24) is 10.2 Å². The van der Waals surface area contributed by atoms with E-state index in [4.69, 9.17) is 5.73 Å². The zero-order valence-electron chi connectivity index (χ0n) is 12.0. The molecule has 1 saturated carbocycles. The maximum Gasteiger partial charge on any atom is 0.234 e. The molecule has 0 aliphatic heterocycles. The molecule has 1 fully saturated rings. The first-order valence-electron chi connectivity index (χ1n) is 7.36. The molecule has 0 heterocycles. The Balaban J connectivity index is 2.46. The molecular weight excluding hydrogens is 226 g/mol. The van der Waals surface area contributed by atoms with Crippen molar-refractivity contribution in [2.75, 3.05) is 26.7 Å². The molecular formula is C14H29N3O. The van der Waals surface area contributed by atoms with E-state index in [9.17, 15) is 4.79 Å². The first kappa shape index (κ1) is 15.4. The van der Waals surface area contributed by atoms with Crippen LogP contribution in [0.2, 0.25) is 0 Å². The highest BCUT2D eigenvalue weighted by Gasteiger charge is 2.26. The Morgan fingerprint density at radius 2 is 2.06 bits per heavy atom. The van der Waals surface area contributed by atoms with E-state index in [2.05, 4.69) is 24.2 Å². The van der Waals surface area contributed by atoms with Gasteiger partial charge in [0, 0.05) is 12.6 Å². The first-order chi connectivity index (χ1) is 8.69. The minimum Gasteiger partial charge on any atom is -0.355 e.